The van der Waals surface area contributed by atoms with Gasteiger partial charge in [-0.25, -0.2) is 0 Å². The molecule has 1 aromatic heterocycles. The molecule has 4 heterocycles. The predicted octanol–water partition coefficient (Wildman–Crippen LogP) is 12.9. The average molecular weight is 727 g/mol. The molecular formula is C51H43BN2S. The van der Waals surface area contributed by atoms with Crippen molar-refractivity contribution >= 4 is 88.5 Å². The third-order valence-electron chi connectivity index (χ3n) is 14.1. The second kappa shape index (κ2) is 10.5. The number of anilines is 5. The van der Waals surface area contributed by atoms with E-state index in [-0.39, 0.29) is 23.1 Å². The van der Waals surface area contributed by atoms with E-state index in [2.05, 4.69) is 179 Å². The largest absolute Gasteiger partial charge is 0.376 e. The number of fused-ring (bicyclic) bond motifs is 13. The number of benzene rings is 7. The molecule has 4 aliphatic rings. The molecule has 55 heavy (non-hydrogen) atoms. The first kappa shape index (κ1) is 32.0. The van der Waals surface area contributed by atoms with Gasteiger partial charge in [0, 0.05) is 53.9 Å². The second-order valence-corrected chi connectivity index (χ2v) is 19.4. The van der Waals surface area contributed by atoms with E-state index < -0.39 is 0 Å². The van der Waals surface area contributed by atoms with Crippen LogP contribution < -0.4 is 20.6 Å². The van der Waals surface area contributed by atoms with Gasteiger partial charge in [-0.2, -0.15) is 0 Å². The highest BCUT2D eigenvalue weighted by Gasteiger charge is 2.50. The van der Waals surface area contributed by atoms with E-state index in [0.29, 0.717) is 0 Å². The molecule has 0 bridgehead atoms. The normalized spacial score (nSPS) is 17.8. The van der Waals surface area contributed by atoms with E-state index in [1.165, 1.54) is 117 Å². The Bertz CT molecular complexity index is 3000. The van der Waals surface area contributed by atoms with Gasteiger partial charge in [-0.15, -0.1) is 11.3 Å². The van der Waals surface area contributed by atoms with Gasteiger partial charge >= 0.3 is 6.85 Å². The molecule has 0 N–H and O–H groups in total. The fraction of sp³-hybridized carbons (Fsp3) is 0.216. The van der Waals surface area contributed by atoms with Crippen LogP contribution >= 0.6 is 11.3 Å². The summed E-state index contributed by atoms with van der Waals surface area (Å²) in [6, 6.07) is 49.3. The summed E-state index contributed by atoms with van der Waals surface area (Å²) < 4.78 is 2.72. The summed E-state index contributed by atoms with van der Waals surface area (Å²) in [5, 5.41) is 5.30. The van der Waals surface area contributed by atoms with Crippen molar-refractivity contribution in [2.24, 2.45) is 0 Å². The van der Waals surface area contributed by atoms with Gasteiger partial charge in [0.25, 0.3) is 0 Å². The minimum Gasteiger partial charge on any atom is -0.376 e. The van der Waals surface area contributed by atoms with Crippen LogP contribution in [-0.4, -0.2) is 6.85 Å². The maximum absolute atomic E-state index is 2.75. The van der Waals surface area contributed by atoms with Crippen LogP contribution in [0.2, 0.25) is 0 Å². The van der Waals surface area contributed by atoms with Gasteiger partial charge in [-0.05, 0) is 110 Å². The van der Waals surface area contributed by atoms with Gasteiger partial charge in [0.2, 0.25) is 0 Å². The predicted molar refractivity (Wildman–Crippen MR) is 238 cm³/mol. The Balaban J connectivity index is 1.27. The van der Waals surface area contributed by atoms with Crippen molar-refractivity contribution in [3.63, 3.8) is 0 Å². The highest BCUT2D eigenvalue weighted by molar-refractivity contribution is 7.26. The van der Waals surface area contributed by atoms with E-state index in [1.54, 1.807) is 0 Å². The van der Waals surface area contributed by atoms with Crippen molar-refractivity contribution in [3.05, 3.63) is 150 Å². The minimum atomic E-state index is -0.155. The van der Waals surface area contributed by atoms with Crippen LogP contribution in [0.5, 0.6) is 0 Å². The molecule has 8 aromatic rings. The number of hydrogen-bond acceptors (Lipinski definition) is 3. The first-order chi connectivity index (χ1) is 26.5. The molecule has 0 amide bonds. The summed E-state index contributed by atoms with van der Waals surface area (Å²) in [6.45, 7) is 14.6. The molecule has 0 unspecified atom stereocenters. The molecule has 4 heteroatoms. The molecule has 266 valence electrons. The Hall–Kier alpha value is -5.32. The summed E-state index contributed by atoms with van der Waals surface area (Å²) in [5.74, 6) is 0. The molecule has 7 aromatic carbocycles. The quantitative estimate of drug-likeness (QED) is 0.155. The first-order valence-electron chi connectivity index (χ1n) is 20.0. The third-order valence-corrected chi connectivity index (χ3v) is 15.3. The van der Waals surface area contributed by atoms with Crippen molar-refractivity contribution in [2.45, 2.75) is 70.6 Å². The Kier molecular flexibility index (Phi) is 6.10. The van der Waals surface area contributed by atoms with E-state index in [9.17, 15) is 0 Å². The number of thiophene rings is 1. The average Bonchev–Trinajstić information content (AvgIpc) is 3.58. The van der Waals surface area contributed by atoms with Gasteiger partial charge in [0.15, 0.2) is 0 Å². The van der Waals surface area contributed by atoms with Crippen molar-refractivity contribution in [3.8, 4) is 11.1 Å². The fourth-order valence-corrected chi connectivity index (χ4v) is 12.4. The van der Waals surface area contributed by atoms with Crippen molar-refractivity contribution < 1.29 is 0 Å². The van der Waals surface area contributed by atoms with Crippen molar-refractivity contribution in [1.82, 2.24) is 0 Å². The van der Waals surface area contributed by atoms with Crippen LogP contribution in [0.1, 0.15) is 76.6 Å². The van der Waals surface area contributed by atoms with Crippen molar-refractivity contribution in [1.29, 1.82) is 0 Å². The number of nitrogens with zero attached hydrogens (tertiary/aromatic N) is 2. The zero-order chi connectivity index (χ0) is 37.2. The molecule has 0 saturated heterocycles. The van der Waals surface area contributed by atoms with Crippen LogP contribution in [0.15, 0.2) is 127 Å². The summed E-state index contributed by atoms with van der Waals surface area (Å²) in [4.78, 5) is 5.39. The molecule has 0 spiro atoms. The summed E-state index contributed by atoms with van der Waals surface area (Å²) in [7, 11) is 0. The number of hydrogen-bond donors (Lipinski definition) is 0. The Morgan fingerprint density at radius 3 is 2.13 bits per heavy atom. The van der Waals surface area contributed by atoms with E-state index in [0.717, 1.165) is 0 Å². The monoisotopic (exact) mass is 726 g/mol. The van der Waals surface area contributed by atoms with Crippen LogP contribution in [-0.2, 0) is 16.2 Å². The maximum atomic E-state index is 2.75. The zero-order valence-corrected chi connectivity index (χ0v) is 33.2. The van der Waals surface area contributed by atoms with Crippen LogP contribution in [0.3, 0.4) is 0 Å². The van der Waals surface area contributed by atoms with Gasteiger partial charge in [-0.3, -0.25) is 0 Å². The first-order valence-corrected chi connectivity index (χ1v) is 20.8. The lowest BCUT2D eigenvalue weighted by Crippen LogP contribution is -2.62. The van der Waals surface area contributed by atoms with Crippen LogP contribution in [0, 0.1) is 0 Å². The van der Waals surface area contributed by atoms with Gasteiger partial charge in [0.05, 0.1) is 5.69 Å². The van der Waals surface area contributed by atoms with Gasteiger partial charge < -0.3 is 9.71 Å². The van der Waals surface area contributed by atoms with Crippen LogP contribution in [0.4, 0.5) is 28.4 Å². The zero-order valence-electron chi connectivity index (χ0n) is 32.4. The highest BCUT2D eigenvalue weighted by Crippen LogP contribution is 2.58. The van der Waals surface area contributed by atoms with Gasteiger partial charge in [-0.1, -0.05) is 133 Å². The molecule has 3 aliphatic heterocycles. The summed E-state index contributed by atoms with van der Waals surface area (Å²) in [6.07, 6.45) is 2.39. The lowest BCUT2D eigenvalue weighted by atomic mass is 9.42. The lowest BCUT2D eigenvalue weighted by Gasteiger charge is -2.51. The van der Waals surface area contributed by atoms with E-state index in [1.807, 2.05) is 11.3 Å². The van der Waals surface area contributed by atoms with Crippen molar-refractivity contribution in [2.75, 3.05) is 9.71 Å². The van der Waals surface area contributed by atoms with E-state index in [4.69, 9.17) is 0 Å². The molecule has 12 rings (SSSR count). The highest BCUT2D eigenvalue weighted by atomic mass is 32.1. The van der Waals surface area contributed by atoms with Gasteiger partial charge in [0.1, 0.15) is 0 Å². The standard InChI is InChI=1S/C51H43BN2S/c1-49(2)26-27-50(3,4)38-29-31(22-24-35(38)49)54-41-25-23-34-33-16-9-12-21-43(33)55-48(34)45(41)44-32-15-8-7-14-30(32)28-42-46(44)52(54)39-19-13-18-37-47(39)53(42)40-20-11-10-17-36(40)51(37,5)6/h7-25,28-29H,26-27H2,1-6H3. The lowest BCUT2D eigenvalue weighted by molar-refractivity contribution is 0.332. The molecule has 0 fully saturated rings. The molecular weight excluding hydrogens is 683 g/mol. The maximum Gasteiger partial charge on any atom is 0.333 e. The fourth-order valence-electron chi connectivity index (χ4n) is 11.1. The Labute approximate surface area is 328 Å². The molecule has 2 nitrogen and oxygen atoms in total. The SMILES string of the molecule is CC1(C)CCC(C)(C)c2cc(N3B4c5cccc6c5N(c5ccccc5C6(C)C)c5cc6ccccc6c(c54)-c4c3ccc3c4sc4ccccc43)ccc21. The molecule has 1 aliphatic carbocycles. The third kappa shape index (κ3) is 4.01. The second-order valence-electron chi connectivity index (χ2n) is 18.3. The molecule has 0 atom stereocenters. The smallest absolute Gasteiger partial charge is 0.333 e. The number of para-hydroxylation sites is 2. The Morgan fingerprint density at radius 1 is 0.545 bits per heavy atom. The Morgan fingerprint density at radius 2 is 1.27 bits per heavy atom. The topological polar surface area (TPSA) is 6.48 Å². The molecule has 0 radical (unpaired) electrons. The van der Waals surface area contributed by atoms with E-state index >= 15 is 0 Å². The number of rotatable bonds is 1. The summed E-state index contributed by atoms with van der Waals surface area (Å²) >= 11 is 1.95. The van der Waals surface area contributed by atoms with Crippen LogP contribution in [0.25, 0.3) is 42.1 Å². The summed E-state index contributed by atoms with van der Waals surface area (Å²) in [5.41, 5.74) is 17.9. The molecule has 0 saturated carbocycles. The minimum absolute atomic E-state index is 0.0149.